The molecule has 0 aliphatic carbocycles. The number of nitrogens with one attached hydrogen (secondary N) is 1. The Morgan fingerprint density at radius 1 is 0.727 bits per heavy atom. The van der Waals surface area contributed by atoms with E-state index in [0.717, 1.165) is 22.6 Å². The summed E-state index contributed by atoms with van der Waals surface area (Å²) in [5, 5.41) is 3.42. The fourth-order valence-electron chi connectivity index (χ4n) is 2.60. The van der Waals surface area contributed by atoms with Crippen LogP contribution in [0.1, 0.15) is 11.1 Å². The van der Waals surface area contributed by atoms with Crippen LogP contribution in [0, 0.1) is 13.8 Å². The van der Waals surface area contributed by atoms with Crippen molar-refractivity contribution in [2.45, 2.75) is 13.8 Å². The molecule has 3 aromatic rings. The summed E-state index contributed by atoms with van der Waals surface area (Å²) in [6.45, 7) is 4.27. The van der Waals surface area contributed by atoms with Crippen LogP contribution in [0.25, 0.3) is 11.1 Å². The molecule has 0 aliphatic heterocycles. The number of rotatable bonds is 3. The Morgan fingerprint density at radius 3 is 2.27 bits per heavy atom. The maximum absolute atomic E-state index is 6.21. The number of para-hydroxylation sites is 1. The smallest absolute Gasteiger partial charge is 0.0395 e. The summed E-state index contributed by atoms with van der Waals surface area (Å²) in [6.07, 6.45) is 0. The lowest BCUT2D eigenvalue weighted by molar-refractivity contribution is 1.34. The molecule has 0 radical (unpaired) electrons. The van der Waals surface area contributed by atoms with Crippen molar-refractivity contribution in [2.75, 3.05) is 11.1 Å². The number of nitrogen functional groups attached to an aromatic ring is 1. The van der Waals surface area contributed by atoms with Crippen LogP contribution in [-0.4, -0.2) is 0 Å². The molecule has 22 heavy (non-hydrogen) atoms. The van der Waals surface area contributed by atoms with Gasteiger partial charge >= 0.3 is 0 Å². The monoisotopic (exact) mass is 288 g/mol. The molecule has 0 spiro atoms. The Kier molecular flexibility index (Phi) is 3.84. The third kappa shape index (κ3) is 2.82. The van der Waals surface area contributed by atoms with Crippen LogP contribution in [0.2, 0.25) is 0 Å². The Bertz CT molecular complexity index is 792. The van der Waals surface area contributed by atoms with Gasteiger partial charge in [-0.15, -0.1) is 0 Å². The molecular weight excluding hydrogens is 268 g/mol. The van der Waals surface area contributed by atoms with Gasteiger partial charge in [-0.2, -0.15) is 0 Å². The van der Waals surface area contributed by atoms with Gasteiger partial charge in [0, 0.05) is 22.6 Å². The first-order valence-electron chi connectivity index (χ1n) is 7.43. The van der Waals surface area contributed by atoms with E-state index in [1.807, 2.05) is 42.5 Å². The maximum Gasteiger partial charge on any atom is 0.0395 e. The lowest BCUT2D eigenvalue weighted by Crippen LogP contribution is -1.96. The zero-order valence-electron chi connectivity index (χ0n) is 12.9. The van der Waals surface area contributed by atoms with Gasteiger partial charge in [-0.25, -0.2) is 0 Å². The van der Waals surface area contributed by atoms with E-state index in [0.29, 0.717) is 0 Å². The van der Waals surface area contributed by atoms with Gasteiger partial charge in [-0.3, -0.25) is 0 Å². The molecule has 2 heteroatoms. The van der Waals surface area contributed by atoms with Crippen molar-refractivity contribution in [3.63, 3.8) is 0 Å². The molecule has 0 aliphatic rings. The summed E-state index contributed by atoms with van der Waals surface area (Å²) in [4.78, 5) is 0. The molecule has 0 bridgehead atoms. The second-order valence-corrected chi connectivity index (χ2v) is 5.54. The lowest BCUT2D eigenvalue weighted by Gasteiger charge is -2.14. The van der Waals surface area contributed by atoms with Crippen molar-refractivity contribution < 1.29 is 0 Å². The van der Waals surface area contributed by atoms with Crippen molar-refractivity contribution in [3.05, 3.63) is 77.9 Å². The van der Waals surface area contributed by atoms with Crippen molar-refractivity contribution in [1.82, 2.24) is 0 Å². The van der Waals surface area contributed by atoms with Gasteiger partial charge in [0.05, 0.1) is 0 Å². The van der Waals surface area contributed by atoms with E-state index in [1.54, 1.807) is 0 Å². The summed E-state index contributed by atoms with van der Waals surface area (Å²) in [5.74, 6) is 0. The number of benzene rings is 3. The topological polar surface area (TPSA) is 38.0 Å². The fraction of sp³-hybridized carbons (Fsp3) is 0.100. The Balaban J connectivity index is 2.02. The molecule has 2 nitrogen and oxygen atoms in total. The van der Waals surface area contributed by atoms with Crippen molar-refractivity contribution >= 4 is 17.1 Å². The van der Waals surface area contributed by atoms with E-state index >= 15 is 0 Å². The van der Waals surface area contributed by atoms with Gasteiger partial charge in [0.2, 0.25) is 0 Å². The maximum atomic E-state index is 6.21. The summed E-state index contributed by atoms with van der Waals surface area (Å²) in [6, 6.07) is 22.6. The van der Waals surface area contributed by atoms with Gasteiger partial charge in [0.1, 0.15) is 0 Å². The second kappa shape index (κ2) is 5.94. The van der Waals surface area contributed by atoms with E-state index in [2.05, 4.69) is 43.4 Å². The number of anilines is 3. The number of aryl methyl sites for hydroxylation is 1. The Labute approximate surface area is 131 Å². The SMILES string of the molecule is Cc1cccc(-c2cc(Nc3ccccc3)ccc2N)c1C. The molecular formula is C20H20N2. The first-order chi connectivity index (χ1) is 10.6. The van der Waals surface area contributed by atoms with Gasteiger partial charge < -0.3 is 11.1 Å². The quantitative estimate of drug-likeness (QED) is 0.642. The summed E-state index contributed by atoms with van der Waals surface area (Å²) < 4.78 is 0. The predicted molar refractivity (Wildman–Crippen MR) is 95.5 cm³/mol. The summed E-state index contributed by atoms with van der Waals surface area (Å²) >= 11 is 0. The van der Waals surface area contributed by atoms with Gasteiger partial charge in [0.25, 0.3) is 0 Å². The predicted octanol–water partition coefficient (Wildman–Crippen LogP) is 5.30. The molecule has 0 saturated carbocycles. The average molecular weight is 288 g/mol. The second-order valence-electron chi connectivity index (χ2n) is 5.54. The normalized spacial score (nSPS) is 10.5. The molecule has 3 N–H and O–H groups in total. The molecule has 3 rings (SSSR count). The molecule has 0 aromatic heterocycles. The first-order valence-corrected chi connectivity index (χ1v) is 7.43. The molecule has 0 atom stereocenters. The molecule has 0 heterocycles. The number of nitrogens with two attached hydrogens (primary N) is 1. The van der Waals surface area contributed by atoms with Crippen LogP contribution in [-0.2, 0) is 0 Å². The van der Waals surface area contributed by atoms with Crippen molar-refractivity contribution in [3.8, 4) is 11.1 Å². The minimum Gasteiger partial charge on any atom is -0.398 e. The zero-order valence-corrected chi connectivity index (χ0v) is 12.9. The highest BCUT2D eigenvalue weighted by Crippen LogP contribution is 2.33. The lowest BCUT2D eigenvalue weighted by atomic mass is 9.95. The third-order valence-corrected chi connectivity index (χ3v) is 4.01. The van der Waals surface area contributed by atoms with Crippen LogP contribution in [0.15, 0.2) is 66.7 Å². The summed E-state index contributed by atoms with van der Waals surface area (Å²) in [7, 11) is 0. The molecule has 110 valence electrons. The fourth-order valence-corrected chi connectivity index (χ4v) is 2.60. The zero-order chi connectivity index (χ0) is 15.5. The standard InChI is InChI=1S/C20H20N2/c1-14-7-6-10-18(15(14)2)19-13-17(11-12-20(19)21)22-16-8-4-3-5-9-16/h3-13,22H,21H2,1-2H3. The van der Waals surface area contributed by atoms with Crippen molar-refractivity contribution in [2.24, 2.45) is 0 Å². The van der Waals surface area contributed by atoms with Crippen molar-refractivity contribution in [1.29, 1.82) is 0 Å². The van der Waals surface area contributed by atoms with Gasteiger partial charge in [-0.1, -0.05) is 36.4 Å². The minimum atomic E-state index is 0.798. The van der Waals surface area contributed by atoms with E-state index in [1.165, 1.54) is 16.7 Å². The average Bonchev–Trinajstić information content (AvgIpc) is 2.53. The van der Waals surface area contributed by atoms with E-state index < -0.39 is 0 Å². The van der Waals surface area contributed by atoms with E-state index in [4.69, 9.17) is 5.73 Å². The molecule has 3 aromatic carbocycles. The number of hydrogen-bond donors (Lipinski definition) is 2. The largest absolute Gasteiger partial charge is 0.398 e. The number of hydrogen-bond acceptors (Lipinski definition) is 2. The Morgan fingerprint density at radius 2 is 1.50 bits per heavy atom. The molecule has 0 amide bonds. The highest BCUT2D eigenvalue weighted by molar-refractivity contribution is 5.82. The third-order valence-electron chi connectivity index (χ3n) is 4.01. The molecule has 0 fully saturated rings. The van der Waals surface area contributed by atoms with E-state index in [9.17, 15) is 0 Å². The first kappa shape index (κ1) is 14.2. The van der Waals surface area contributed by atoms with Gasteiger partial charge in [-0.05, 0) is 60.9 Å². The highest BCUT2D eigenvalue weighted by atomic mass is 14.9. The molecule has 0 saturated heterocycles. The molecule has 0 unspecified atom stereocenters. The highest BCUT2D eigenvalue weighted by Gasteiger charge is 2.08. The van der Waals surface area contributed by atoms with Crippen LogP contribution in [0.4, 0.5) is 17.1 Å². The minimum absolute atomic E-state index is 0.798. The van der Waals surface area contributed by atoms with Crippen LogP contribution in [0.5, 0.6) is 0 Å². The van der Waals surface area contributed by atoms with Gasteiger partial charge in [0.15, 0.2) is 0 Å². The van der Waals surface area contributed by atoms with E-state index in [-0.39, 0.29) is 0 Å². The summed E-state index contributed by atoms with van der Waals surface area (Å²) in [5.41, 5.74) is 13.9. The Hall–Kier alpha value is -2.74. The van der Waals surface area contributed by atoms with Crippen LogP contribution >= 0.6 is 0 Å². The van der Waals surface area contributed by atoms with Crippen LogP contribution in [0.3, 0.4) is 0 Å². The van der Waals surface area contributed by atoms with Crippen LogP contribution < -0.4 is 11.1 Å².